The SMILES string of the molecule is CCCCC/C=C/CC/C=C/CC/C=C/C(O)C(CO)NC(=O)CC(O)CCCCC/C=C\CCCCCCCCC. The minimum atomic E-state index is -0.961. The van der Waals surface area contributed by atoms with E-state index in [0.717, 1.165) is 51.4 Å². The van der Waals surface area contributed by atoms with E-state index in [0.29, 0.717) is 6.42 Å². The first-order chi connectivity index (χ1) is 20.5. The fraction of sp³-hybridized carbons (Fsp3) is 0.757. The minimum Gasteiger partial charge on any atom is -0.394 e. The van der Waals surface area contributed by atoms with E-state index in [1.807, 2.05) is 6.08 Å². The molecule has 4 N–H and O–H groups in total. The second kappa shape index (κ2) is 32.2. The Kier molecular flexibility index (Phi) is 30.9. The Morgan fingerprint density at radius 2 is 1.02 bits per heavy atom. The van der Waals surface area contributed by atoms with Crippen LogP contribution in [0.5, 0.6) is 0 Å². The maximum absolute atomic E-state index is 12.3. The molecule has 0 spiro atoms. The molecule has 244 valence electrons. The summed E-state index contributed by atoms with van der Waals surface area (Å²) in [6.45, 7) is 4.12. The molecule has 1 amide bonds. The summed E-state index contributed by atoms with van der Waals surface area (Å²) >= 11 is 0. The summed E-state index contributed by atoms with van der Waals surface area (Å²) in [5.41, 5.74) is 0. The fourth-order valence-corrected chi connectivity index (χ4v) is 4.83. The molecule has 0 saturated heterocycles. The van der Waals surface area contributed by atoms with Gasteiger partial charge in [0.1, 0.15) is 0 Å². The van der Waals surface area contributed by atoms with Gasteiger partial charge in [-0.25, -0.2) is 0 Å². The standard InChI is InChI=1S/C37H67NO4/c1-3-5-7-9-11-13-15-17-19-20-22-24-26-28-30-34(40)32-37(42)38-35(33-39)36(41)31-29-27-25-23-21-18-16-14-12-10-8-6-4-2/h12,14,19-21,23,29,31,34-36,39-41H,3-11,13,15-18,22,24-28,30,32-33H2,1-2H3,(H,38,42)/b14-12+,20-19-,23-21+,31-29+. The lowest BCUT2D eigenvalue weighted by Crippen LogP contribution is -2.45. The number of allylic oxidation sites excluding steroid dienone is 7. The average molecular weight is 590 g/mol. The van der Waals surface area contributed by atoms with Crippen LogP contribution < -0.4 is 5.32 Å². The van der Waals surface area contributed by atoms with Crippen molar-refractivity contribution in [2.75, 3.05) is 6.61 Å². The number of unbranched alkanes of at least 4 members (excludes halogenated alkanes) is 15. The van der Waals surface area contributed by atoms with Crippen LogP contribution in [0.1, 0.15) is 155 Å². The third kappa shape index (κ3) is 28.4. The van der Waals surface area contributed by atoms with Gasteiger partial charge in [-0.2, -0.15) is 0 Å². The topological polar surface area (TPSA) is 89.8 Å². The molecule has 0 radical (unpaired) electrons. The number of aliphatic hydroxyl groups excluding tert-OH is 3. The highest BCUT2D eigenvalue weighted by atomic mass is 16.3. The zero-order valence-corrected chi connectivity index (χ0v) is 27.4. The largest absolute Gasteiger partial charge is 0.394 e. The van der Waals surface area contributed by atoms with Crippen molar-refractivity contribution in [3.05, 3.63) is 48.6 Å². The van der Waals surface area contributed by atoms with Gasteiger partial charge in [0, 0.05) is 0 Å². The third-order valence-electron chi connectivity index (χ3n) is 7.57. The summed E-state index contributed by atoms with van der Waals surface area (Å²) in [4.78, 5) is 12.3. The number of nitrogens with one attached hydrogen (secondary N) is 1. The first-order valence-corrected chi connectivity index (χ1v) is 17.4. The van der Waals surface area contributed by atoms with Crippen LogP contribution in [0.3, 0.4) is 0 Å². The Balaban J connectivity index is 3.87. The second-order valence-corrected chi connectivity index (χ2v) is 11.7. The Labute approximate surface area is 259 Å². The number of hydrogen-bond donors (Lipinski definition) is 4. The molecule has 5 nitrogen and oxygen atoms in total. The van der Waals surface area contributed by atoms with Crippen molar-refractivity contribution in [1.82, 2.24) is 5.32 Å². The van der Waals surface area contributed by atoms with E-state index in [9.17, 15) is 20.1 Å². The number of amides is 1. The van der Waals surface area contributed by atoms with Gasteiger partial charge in [0.2, 0.25) is 5.91 Å². The highest BCUT2D eigenvalue weighted by Gasteiger charge is 2.19. The quantitative estimate of drug-likeness (QED) is 0.0497. The molecule has 0 fully saturated rings. The molecule has 0 aliphatic rings. The van der Waals surface area contributed by atoms with Crippen LogP contribution >= 0.6 is 0 Å². The maximum Gasteiger partial charge on any atom is 0.222 e. The zero-order valence-electron chi connectivity index (χ0n) is 27.4. The van der Waals surface area contributed by atoms with Crippen LogP contribution in [0.25, 0.3) is 0 Å². The third-order valence-corrected chi connectivity index (χ3v) is 7.57. The molecule has 0 aromatic rings. The first-order valence-electron chi connectivity index (χ1n) is 17.4. The van der Waals surface area contributed by atoms with Crippen molar-refractivity contribution in [3.63, 3.8) is 0 Å². The van der Waals surface area contributed by atoms with Crippen LogP contribution in [0, 0.1) is 0 Å². The molecule has 0 rings (SSSR count). The lowest BCUT2D eigenvalue weighted by Gasteiger charge is -2.20. The summed E-state index contributed by atoms with van der Waals surface area (Å²) in [6, 6.07) is -0.770. The molecule has 0 aliphatic carbocycles. The summed E-state index contributed by atoms with van der Waals surface area (Å²) < 4.78 is 0. The van der Waals surface area contributed by atoms with Crippen LogP contribution in [0.4, 0.5) is 0 Å². The van der Waals surface area contributed by atoms with Crippen molar-refractivity contribution < 1.29 is 20.1 Å². The van der Waals surface area contributed by atoms with E-state index >= 15 is 0 Å². The average Bonchev–Trinajstić information content (AvgIpc) is 2.98. The molecule has 0 aliphatic heterocycles. The molecule has 3 unspecified atom stereocenters. The Morgan fingerprint density at radius 3 is 1.57 bits per heavy atom. The van der Waals surface area contributed by atoms with Gasteiger partial charge in [0.05, 0.1) is 31.3 Å². The number of carbonyl (C=O) groups is 1. The zero-order chi connectivity index (χ0) is 30.9. The number of hydrogen-bond acceptors (Lipinski definition) is 4. The van der Waals surface area contributed by atoms with Crippen molar-refractivity contribution in [3.8, 4) is 0 Å². The highest BCUT2D eigenvalue weighted by Crippen LogP contribution is 2.11. The van der Waals surface area contributed by atoms with Crippen molar-refractivity contribution >= 4 is 5.91 Å². The molecule has 0 aromatic heterocycles. The fourth-order valence-electron chi connectivity index (χ4n) is 4.83. The lowest BCUT2D eigenvalue weighted by molar-refractivity contribution is -0.124. The molecule has 0 aromatic carbocycles. The van der Waals surface area contributed by atoms with Gasteiger partial charge < -0.3 is 20.6 Å². The van der Waals surface area contributed by atoms with Crippen LogP contribution in [0.2, 0.25) is 0 Å². The molecule has 0 saturated carbocycles. The smallest absolute Gasteiger partial charge is 0.222 e. The van der Waals surface area contributed by atoms with Crippen LogP contribution in [0.15, 0.2) is 48.6 Å². The van der Waals surface area contributed by atoms with E-state index in [2.05, 4.69) is 55.6 Å². The van der Waals surface area contributed by atoms with E-state index in [4.69, 9.17) is 0 Å². The molecule has 5 heteroatoms. The van der Waals surface area contributed by atoms with Gasteiger partial charge in [0.15, 0.2) is 0 Å². The van der Waals surface area contributed by atoms with Crippen molar-refractivity contribution in [2.24, 2.45) is 0 Å². The minimum absolute atomic E-state index is 0.00992. The Bertz CT molecular complexity index is 700. The second-order valence-electron chi connectivity index (χ2n) is 11.7. The van der Waals surface area contributed by atoms with E-state index in [1.165, 1.54) is 77.0 Å². The lowest BCUT2D eigenvalue weighted by atomic mass is 10.1. The van der Waals surface area contributed by atoms with Gasteiger partial charge in [-0.3, -0.25) is 4.79 Å². The number of carbonyl (C=O) groups excluding carboxylic acids is 1. The van der Waals surface area contributed by atoms with Gasteiger partial charge in [-0.1, -0.05) is 127 Å². The van der Waals surface area contributed by atoms with E-state index in [1.54, 1.807) is 6.08 Å². The summed E-state index contributed by atoms with van der Waals surface area (Å²) in [5.74, 6) is -0.343. The predicted molar refractivity (Wildman–Crippen MR) is 181 cm³/mol. The highest BCUT2D eigenvalue weighted by molar-refractivity contribution is 5.76. The van der Waals surface area contributed by atoms with Crippen LogP contribution in [-0.4, -0.2) is 46.1 Å². The maximum atomic E-state index is 12.3. The normalized spacial score (nSPS) is 14.5. The van der Waals surface area contributed by atoms with Crippen molar-refractivity contribution in [2.45, 2.75) is 173 Å². The predicted octanol–water partition coefficient (Wildman–Crippen LogP) is 9.03. The molecular formula is C37H67NO4. The first kappa shape index (κ1) is 40.3. The molecule has 3 atom stereocenters. The summed E-state index contributed by atoms with van der Waals surface area (Å²) in [5, 5.41) is 32.9. The van der Waals surface area contributed by atoms with E-state index in [-0.39, 0.29) is 18.9 Å². The Hall–Kier alpha value is -1.69. The summed E-state index contributed by atoms with van der Waals surface area (Å²) in [6.07, 6.45) is 39.4. The van der Waals surface area contributed by atoms with Gasteiger partial charge >= 0.3 is 0 Å². The summed E-state index contributed by atoms with van der Waals surface area (Å²) in [7, 11) is 0. The molecule has 0 heterocycles. The van der Waals surface area contributed by atoms with Crippen molar-refractivity contribution in [1.29, 1.82) is 0 Å². The molecular weight excluding hydrogens is 522 g/mol. The van der Waals surface area contributed by atoms with E-state index < -0.39 is 18.2 Å². The van der Waals surface area contributed by atoms with Gasteiger partial charge in [-0.15, -0.1) is 0 Å². The molecule has 42 heavy (non-hydrogen) atoms. The van der Waals surface area contributed by atoms with Crippen LogP contribution in [-0.2, 0) is 4.79 Å². The number of aliphatic hydroxyl groups is 3. The van der Waals surface area contributed by atoms with Gasteiger partial charge in [-0.05, 0) is 70.6 Å². The van der Waals surface area contributed by atoms with Gasteiger partial charge in [0.25, 0.3) is 0 Å². The monoisotopic (exact) mass is 590 g/mol. The number of rotatable bonds is 30. The molecule has 0 bridgehead atoms. The Morgan fingerprint density at radius 1 is 0.595 bits per heavy atom.